The fourth-order valence-corrected chi connectivity index (χ4v) is 2.99. The van der Waals surface area contributed by atoms with E-state index in [9.17, 15) is 9.50 Å². The zero-order valence-electron chi connectivity index (χ0n) is 10.4. The molecule has 0 heterocycles. The fourth-order valence-electron chi connectivity index (χ4n) is 1.82. The van der Waals surface area contributed by atoms with Crippen LogP contribution in [-0.4, -0.2) is 5.11 Å². The summed E-state index contributed by atoms with van der Waals surface area (Å²) in [6.45, 7) is 3.60. The van der Waals surface area contributed by atoms with Gasteiger partial charge in [0.15, 0.2) is 0 Å². The van der Waals surface area contributed by atoms with Crippen LogP contribution in [0.2, 0.25) is 0 Å². The van der Waals surface area contributed by atoms with Gasteiger partial charge in [-0.2, -0.15) is 0 Å². The summed E-state index contributed by atoms with van der Waals surface area (Å²) in [5.41, 5.74) is 1.53. The van der Waals surface area contributed by atoms with Crippen LogP contribution in [0.25, 0.3) is 0 Å². The number of benzene rings is 2. The highest BCUT2D eigenvalue weighted by Crippen LogP contribution is 2.34. The maximum Gasteiger partial charge on any atom is 0.130 e. The molecule has 3 heteroatoms. The molecule has 0 saturated carbocycles. The molecule has 0 aromatic heterocycles. The Kier molecular flexibility index (Phi) is 4.04. The first-order chi connectivity index (χ1) is 8.58. The van der Waals surface area contributed by atoms with E-state index >= 15 is 0 Å². The summed E-state index contributed by atoms with van der Waals surface area (Å²) in [6.07, 6.45) is -0.807. The third-order valence-corrected chi connectivity index (χ3v) is 3.71. The summed E-state index contributed by atoms with van der Waals surface area (Å²) in [5, 5.41) is 9.66. The Balaban J connectivity index is 2.37. The van der Waals surface area contributed by atoms with Gasteiger partial charge < -0.3 is 5.11 Å². The highest BCUT2D eigenvalue weighted by molar-refractivity contribution is 7.99. The lowest BCUT2D eigenvalue weighted by Crippen LogP contribution is -1.98. The molecule has 0 aliphatic heterocycles. The standard InChI is InChI=1S/C15H15FOS/c1-10-5-3-6-12(9-10)18-14-8-4-7-13(16)15(14)11(2)17/h3-9,11,17H,1-2H3/t11-/m1/s1. The van der Waals surface area contributed by atoms with E-state index in [1.165, 1.54) is 17.8 Å². The van der Waals surface area contributed by atoms with Gasteiger partial charge in [-0.15, -0.1) is 0 Å². The zero-order chi connectivity index (χ0) is 13.1. The summed E-state index contributed by atoms with van der Waals surface area (Å²) in [7, 11) is 0. The minimum Gasteiger partial charge on any atom is -0.389 e. The van der Waals surface area contributed by atoms with Gasteiger partial charge in [0.05, 0.1) is 6.10 Å². The molecule has 2 aromatic rings. The second-order valence-electron chi connectivity index (χ2n) is 4.25. The molecule has 1 atom stereocenters. The zero-order valence-corrected chi connectivity index (χ0v) is 11.2. The Hall–Kier alpha value is -1.32. The summed E-state index contributed by atoms with van der Waals surface area (Å²) in [4.78, 5) is 1.80. The van der Waals surface area contributed by atoms with Crippen molar-refractivity contribution in [2.45, 2.75) is 29.7 Å². The number of rotatable bonds is 3. The summed E-state index contributed by atoms with van der Waals surface area (Å²) in [6, 6.07) is 12.9. The number of aryl methyl sites for hydroxylation is 1. The highest BCUT2D eigenvalue weighted by atomic mass is 32.2. The topological polar surface area (TPSA) is 20.2 Å². The molecule has 18 heavy (non-hydrogen) atoms. The monoisotopic (exact) mass is 262 g/mol. The predicted molar refractivity (Wildman–Crippen MR) is 72.3 cm³/mol. The van der Waals surface area contributed by atoms with Crippen molar-refractivity contribution in [3.63, 3.8) is 0 Å². The van der Waals surface area contributed by atoms with Gasteiger partial charge in [0.2, 0.25) is 0 Å². The van der Waals surface area contributed by atoms with Crippen LogP contribution < -0.4 is 0 Å². The quantitative estimate of drug-likeness (QED) is 0.888. The lowest BCUT2D eigenvalue weighted by Gasteiger charge is -2.12. The van der Waals surface area contributed by atoms with Gasteiger partial charge in [-0.3, -0.25) is 0 Å². The number of hydrogen-bond donors (Lipinski definition) is 1. The minimum absolute atomic E-state index is 0.359. The Morgan fingerprint density at radius 3 is 2.56 bits per heavy atom. The van der Waals surface area contributed by atoms with Gasteiger partial charge >= 0.3 is 0 Å². The van der Waals surface area contributed by atoms with E-state index in [0.29, 0.717) is 5.56 Å². The molecule has 0 aliphatic rings. The molecule has 0 bridgehead atoms. The van der Waals surface area contributed by atoms with E-state index in [1.54, 1.807) is 13.0 Å². The lowest BCUT2D eigenvalue weighted by molar-refractivity contribution is 0.191. The van der Waals surface area contributed by atoms with E-state index < -0.39 is 6.10 Å². The molecule has 0 spiro atoms. The van der Waals surface area contributed by atoms with E-state index in [2.05, 4.69) is 0 Å². The Morgan fingerprint density at radius 2 is 1.89 bits per heavy atom. The molecule has 94 valence electrons. The van der Waals surface area contributed by atoms with Crippen molar-refractivity contribution in [1.29, 1.82) is 0 Å². The average Bonchev–Trinajstić information content (AvgIpc) is 2.28. The number of hydrogen-bond acceptors (Lipinski definition) is 2. The molecule has 0 unspecified atom stereocenters. The fraction of sp³-hybridized carbons (Fsp3) is 0.200. The van der Waals surface area contributed by atoms with Crippen LogP contribution in [0.3, 0.4) is 0 Å². The molecule has 2 rings (SSSR count). The van der Waals surface area contributed by atoms with E-state index in [0.717, 1.165) is 15.4 Å². The van der Waals surface area contributed by atoms with Crippen molar-refractivity contribution >= 4 is 11.8 Å². The second-order valence-corrected chi connectivity index (χ2v) is 5.36. The SMILES string of the molecule is Cc1cccc(Sc2cccc(F)c2[C@@H](C)O)c1. The molecular weight excluding hydrogens is 247 g/mol. The molecule has 0 radical (unpaired) electrons. The van der Waals surface area contributed by atoms with Crippen LogP contribution in [0.15, 0.2) is 52.3 Å². The first kappa shape index (κ1) is 13.1. The molecular formula is C15H15FOS. The van der Waals surface area contributed by atoms with Crippen LogP contribution >= 0.6 is 11.8 Å². The highest BCUT2D eigenvalue weighted by Gasteiger charge is 2.14. The molecule has 0 amide bonds. The van der Waals surface area contributed by atoms with Crippen molar-refractivity contribution in [2.24, 2.45) is 0 Å². The van der Waals surface area contributed by atoms with Crippen molar-refractivity contribution < 1.29 is 9.50 Å². The largest absolute Gasteiger partial charge is 0.389 e. The predicted octanol–water partition coefficient (Wildman–Crippen LogP) is 4.34. The first-order valence-electron chi connectivity index (χ1n) is 5.79. The molecule has 0 fully saturated rings. The van der Waals surface area contributed by atoms with Crippen LogP contribution in [0, 0.1) is 12.7 Å². The normalized spacial score (nSPS) is 12.4. The molecule has 1 nitrogen and oxygen atoms in total. The van der Waals surface area contributed by atoms with Crippen LogP contribution in [0.4, 0.5) is 4.39 Å². The van der Waals surface area contributed by atoms with Crippen LogP contribution in [-0.2, 0) is 0 Å². The molecule has 2 aromatic carbocycles. The summed E-state index contributed by atoms with van der Waals surface area (Å²) >= 11 is 1.47. The third kappa shape index (κ3) is 2.92. The van der Waals surface area contributed by atoms with Crippen molar-refractivity contribution in [3.05, 3.63) is 59.4 Å². The molecule has 0 saturated heterocycles. The Bertz CT molecular complexity index is 552. The Morgan fingerprint density at radius 1 is 1.17 bits per heavy atom. The number of aliphatic hydroxyl groups is 1. The second kappa shape index (κ2) is 5.55. The minimum atomic E-state index is -0.807. The lowest BCUT2D eigenvalue weighted by atomic mass is 10.1. The summed E-state index contributed by atoms with van der Waals surface area (Å²) in [5.74, 6) is -0.359. The molecule has 0 aliphatic carbocycles. The number of aliphatic hydroxyl groups excluding tert-OH is 1. The van der Waals surface area contributed by atoms with Crippen molar-refractivity contribution in [2.75, 3.05) is 0 Å². The van der Waals surface area contributed by atoms with Crippen LogP contribution in [0.1, 0.15) is 24.2 Å². The first-order valence-corrected chi connectivity index (χ1v) is 6.60. The van der Waals surface area contributed by atoms with Crippen molar-refractivity contribution in [1.82, 2.24) is 0 Å². The third-order valence-electron chi connectivity index (χ3n) is 2.65. The van der Waals surface area contributed by atoms with E-state index in [-0.39, 0.29) is 5.82 Å². The van der Waals surface area contributed by atoms with Gasteiger partial charge in [0.25, 0.3) is 0 Å². The van der Waals surface area contributed by atoms with Crippen LogP contribution in [0.5, 0.6) is 0 Å². The maximum atomic E-state index is 13.7. The van der Waals surface area contributed by atoms with Crippen molar-refractivity contribution in [3.8, 4) is 0 Å². The molecule has 1 N–H and O–H groups in total. The van der Waals surface area contributed by atoms with Gasteiger partial charge in [-0.05, 0) is 38.1 Å². The van der Waals surface area contributed by atoms with E-state index in [1.807, 2.05) is 37.3 Å². The number of halogens is 1. The van der Waals surface area contributed by atoms with Gasteiger partial charge in [0, 0.05) is 15.4 Å². The average molecular weight is 262 g/mol. The maximum absolute atomic E-state index is 13.7. The van der Waals surface area contributed by atoms with Gasteiger partial charge in [0.1, 0.15) is 5.82 Å². The van der Waals surface area contributed by atoms with Gasteiger partial charge in [-0.1, -0.05) is 35.5 Å². The van der Waals surface area contributed by atoms with E-state index in [4.69, 9.17) is 0 Å². The Labute approximate surface area is 111 Å². The van der Waals surface area contributed by atoms with Gasteiger partial charge in [-0.25, -0.2) is 4.39 Å². The summed E-state index contributed by atoms with van der Waals surface area (Å²) < 4.78 is 13.7. The smallest absolute Gasteiger partial charge is 0.130 e.